The van der Waals surface area contributed by atoms with Crippen molar-refractivity contribution in [3.05, 3.63) is 17.0 Å². The molecule has 0 amide bonds. The van der Waals surface area contributed by atoms with Crippen LogP contribution in [0.15, 0.2) is 4.52 Å². The van der Waals surface area contributed by atoms with E-state index in [1.807, 2.05) is 6.92 Å². The van der Waals surface area contributed by atoms with Crippen molar-refractivity contribution >= 4 is 5.97 Å². The number of rotatable bonds is 2. The van der Waals surface area contributed by atoms with Crippen molar-refractivity contribution in [3.63, 3.8) is 0 Å². The molecule has 0 saturated carbocycles. The lowest BCUT2D eigenvalue weighted by Crippen LogP contribution is -2.17. The molecule has 1 heterocycles. The van der Waals surface area contributed by atoms with Crippen LogP contribution in [-0.4, -0.2) is 16.2 Å². The third-order valence-electron chi connectivity index (χ3n) is 3.03. The highest BCUT2D eigenvalue weighted by Gasteiger charge is 2.35. The van der Waals surface area contributed by atoms with Crippen molar-refractivity contribution in [1.29, 1.82) is 0 Å². The van der Waals surface area contributed by atoms with Gasteiger partial charge in [0, 0.05) is 17.9 Å². The van der Waals surface area contributed by atoms with E-state index in [0.29, 0.717) is 0 Å². The molecule has 2 atom stereocenters. The Balaban J connectivity index is 2.33. The average molecular weight is 195 g/mol. The predicted octanol–water partition coefficient (Wildman–Crippen LogP) is 1.73. The summed E-state index contributed by atoms with van der Waals surface area (Å²) in [5.41, 5.74) is 1.87. The topological polar surface area (TPSA) is 63.3 Å². The Labute approximate surface area is 81.9 Å². The minimum atomic E-state index is -0.747. The molecule has 0 bridgehead atoms. The molecule has 0 aromatic carbocycles. The lowest BCUT2D eigenvalue weighted by molar-refractivity contribution is -0.141. The Kier molecular flexibility index (Phi) is 2.06. The van der Waals surface area contributed by atoms with Gasteiger partial charge in [0.2, 0.25) is 0 Å². The standard InChI is InChI=1S/C10H13NO3/c1-5(10(12)13)7-3-4-8-9(7)6(2)11-14-8/h5,7H,3-4H2,1-2H3,(H,12,13). The molecular weight excluding hydrogens is 182 g/mol. The van der Waals surface area contributed by atoms with Crippen LogP contribution in [0.1, 0.15) is 36.3 Å². The zero-order valence-corrected chi connectivity index (χ0v) is 8.28. The molecule has 4 nitrogen and oxygen atoms in total. The van der Waals surface area contributed by atoms with Crippen LogP contribution in [-0.2, 0) is 11.2 Å². The molecule has 0 saturated heterocycles. The van der Waals surface area contributed by atoms with Crippen molar-refractivity contribution < 1.29 is 14.4 Å². The molecule has 1 aliphatic rings. The largest absolute Gasteiger partial charge is 0.481 e. The van der Waals surface area contributed by atoms with Gasteiger partial charge in [-0.15, -0.1) is 0 Å². The molecule has 14 heavy (non-hydrogen) atoms. The number of hydrogen-bond donors (Lipinski definition) is 1. The number of aryl methyl sites for hydroxylation is 2. The lowest BCUT2D eigenvalue weighted by atomic mass is 9.89. The van der Waals surface area contributed by atoms with E-state index < -0.39 is 5.97 Å². The van der Waals surface area contributed by atoms with Crippen LogP contribution < -0.4 is 0 Å². The number of carbonyl (C=O) groups is 1. The predicted molar refractivity (Wildman–Crippen MR) is 49.1 cm³/mol. The molecule has 76 valence electrons. The number of carboxylic acid groups (broad SMARTS) is 1. The highest BCUT2D eigenvalue weighted by Crippen LogP contribution is 2.40. The van der Waals surface area contributed by atoms with Gasteiger partial charge in [0.05, 0.1) is 11.6 Å². The van der Waals surface area contributed by atoms with E-state index in [-0.39, 0.29) is 11.8 Å². The first-order chi connectivity index (χ1) is 6.61. The molecule has 4 heteroatoms. The first-order valence-electron chi connectivity index (χ1n) is 4.79. The maximum atomic E-state index is 10.9. The van der Waals surface area contributed by atoms with E-state index in [2.05, 4.69) is 5.16 Å². The van der Waals surface area contributed by atoms with Crippen molar-refractivity contribution in [3.8, 4) is 0 Å². The third-order valence-corrected chi connectivity index (χ3v) is 3.03. The molecule has 0 aliphatic heterocycles. The fourth-order valence-corrected chi connectivity index (χ4v) is 2.18. The zero-order valence-electron chi connectivity index (χ0n) is 8.28. The van der Waals surface area contributed by atoms with Gasteiger partial charge in [0.25, 0.3) is 0 Å². The maximum absolute atomic E-state index is 10.9. The van der Waals surface area contributed by atoms with Gasteiger partial charge in [0.1, 0.15) is 5.76 Å². The fraction of sp³-hybridized carbons (Fsp3) is 0.600. The van der Waals surface area contributed by atoms with Gasteiger partial charge in [-0.1, -0.05) is 12.1 Å². The Hall–Kier alpha value is -1.32. The Morgan fingerprint density at radius 3 is 3.07 bits per heavy atom. The first-order valence-corrected chi connectivity index (χ1v) is 4.79. The molecule has 0 fully saturated rings. The van der Waals surface area contributed by atoms with E-state index in [0.717, 1.165) is 29.9 Å². The van der Waals surface area contributed by atoms with E-state index in [9.17, 15) is 4.79 Å². The summed E-state index contributed by atoms with van der Waals surface area (Å²) in [5, 5.41) is 12.8. The summed E-state index contributed by atoms with van der Waals surface area (Å²) in [5.74, 6) is -0.146. The van der Waals surface area contributed by atoms with Crippen LogP contribution in [0.25, 0.3) is 0 Å². The molecular formula is C10H13NO3. The van der Waals surface area contributed by atoms with Gasteiger partial charge in [-0.05, 0) is 13.3 Å². The second-order valence-electron chi connectivity index (χ2n) is 3.88. The molecule has 2 rings (SSSR count). The zero-order chi connectivity index (χ0) is 10.3. The van der Waals surface area contributed by atoms with Crippen LogP contribution in [0, 0.1) is 12.8 Å². The van der Waals surface area contributed by atoms with Gasteiger partial charge in [-0.2, -0.15) is 0 Å². The summed E-state index contributed by atoms with van der Waals surface area (Å²) in [6.45, 7) is 3.61. The smallest absolute Gasteiger partial charge is 0.306 e. The monoisotopic (exact) mass is 195 g/mol. The van der Waals surface area contributed by atoms with Crippen molar-refractivity contribution in [2.75, 3.05) is 0 Å². The van der Waals surface area contributed by atoms with Crippen molar-refractivity contribution in [1.82, 2.24) is 5.16 Å². The summed E-state index contributed by atoms with van der Waals surface area (Å²) in [6.07, 6.45) is 1.68. The van der Waals surface area contributed by atoms with Gasteiger partial charge in [-0.25, -0.2) is 0 Å². The minimum absolute atomic E-state index is 0.0775. The molecule has 1 aromatic rings. The summed E-state index contributed by atoms with van der Waals surface area (Å²) in [7, 11) is 0. The summed E-state index contributed by atoms with van der Waals surface area (Å²) in [6, 6.07) is 0. The van der Waals surface area contributed by atoms with Crippen LogP contribution in [0.3, 0.4) is 0 Å². The number of aliphatic carboxylic acids is 1. The van der Waals surface area contributed by atoms with E-state index in [4.69, 9.17) is 9.63 Å². The summed E-state index contributed by atoms with van der Waals surface area (Å²) >= 11 is 0. The van der Waals surface area contributed by atoms with Crippen LogP contribution in [0.2, 0.25) is 0 Å². The highest BCUT2D eigenvalue weighted by atomic mass is 16.5. The Morgan fingerprint density at radius 1 is 1.71 bits per heavy atom. The molecule has 1 aliphatic carbocycles. The third kappa shape index (κ3) is 1.22. The number of aromatic nitrogens is 1. The highest BCUT2D eigenvalue weighted by molar-refractivity contribution is 5.71. The quantitative estimate of drug-likeness (QED) is 0.780. The van der Waals surface area contributed by atoms with Gasteiger partial charge in [-0.3, -0.25) is 4.79 Å². The number of carboxylic acids is 1. The van der Waals surface area contributed by atoms with E-state index in [1.165, 1.54) is 0 Å². The molecule has 1 N–H and O–H groups in total. The number of fused-ring (bicyclic) bond motifs is 1. The normalized spacial score (nSPS) is 22.0. The Morgan fingerprint density at radius 2 is 2.43 bits per heavy atom. The van der Waals surface area contributed by atoms with Gasteiger partial charge in [0.15, 0.2) is 0 Å². The van der Waals surface area contributed by atoms with Gasteiger partial charge < -0.3 is 9.63 Å². The SMILES string of the molecule is Cc1noc2c1C(C(C)C(=O)O)CC2. The summed E-state index contributed by atoms with van der Waals surface area (Å²) in [4.78, 5) is 10.9. The lowest BCUT2D eigenvalue weighted by Gasteiger charge is -2.14. The summed E-state index contributed by atoms with van der Waals surface area (Å²) < 4.78 is 5.12. The second kappa shape index (κ2) is 3.12. The first kappa shape index (κ1) is 9.24. The minimum Gasteiger partial charge on any atom is -0.481 e. The van der Waals surface area contributed by atoms with E-state index >= 15 is 0 Å². The number of nitrogens with zero attached hydrogens (tertiary/aromatic N) is 1. The fourth-order valence-electron chi connectivity index (χ4n) is 2.18. The molecule has 0 spiro atoms. The number of hydrogen-bond acceptors (Lipinski definition) is 3. The van der Waals surface area contributed by atoms with E-state index in [1.54, 1.807) is 6.92 Å². The van der Waals surface area contributed by atoms with Crippen molar-refractivity contribution in [2.24, 2.45) is 5.92 Å². The van der Waals surface area contributed by atoms with Crippen LogP contribution >= 0.6 is 0 Å². The second-order valence-corrected chi connectivity index (χ2v) is 3.88. The average Bonchev–Trinajstić information content (AvgIpc) is 2.68. The van der Waals surface area contributed by atoms with Crippen LogP contribution in [0.5, 0.6) is 0 Å². The molecule has 1 aromatic heterocycles. The van der Waals surface area contributed by atoms with Crippen molar-refractivity contribution in [2.45, 2.75) is 32.6 Å². The van der Waals surface area contributed by atoms with Crippen LogP contribution in [0.4, 0.5) is 0 Å². The molecule has 2 unspecified atom stereocenters. The molecule has 0 radical (unpaired) electrons. The maximum Gasteiger partial charge on any atom is 0.306 e. The van der Waals surface area contributed by atoms with Gasteiger partial charge >= 0.3 is 5.97 Å². The Bertz CT molecular complexity index is 369.